The average molecular weight is 406 g/mol. The summed E-state index contributed by atoms with van der Waals surface area (Å²) >= 11 is 0. The Morgan fingerprint density at radius 1 is 0.867 bits per heavy atom. The van der Waals surface area contributed by atoms with Gasteiger partial charge in [-0.2, -0.15) is 0 Å². The van der Waals surface area contributed by atoms with E-state index >= 15 is 0 Å². The highest BCUT2D eigenvalue weighted by Crippen LogP contribution is 2.29. The number of nitrogens with one attached hydrogen (secondary N) is 2. The molecule has 0 aliphatic carbocycles. The summed E-state index contributed by atoms with van der Waals surface area (Å²) < 4.78 is 18.6. The predicted octanol–water partition coefficient (Wildman–Crippen LogP) is 4.21. The molecule has 0 bridgehead atoms. The molecule has 0 saturated carbocycles. The van der Waals surface area contributed by atoms with E-state index < -0.39 is 5.91 Å². The van der Waals surface area contributed by atoms with Crippen molar-refractivity contribution in [1.29, 1.82) is 0 Å². The number of hydrazine groups is 1. The van der Waals surface area contributed by atoms with E-state index in [0.717, 1.165) is 16.7 Å². The summed E-state index contributed by atoms with van der Waals surface area (Å²) in [6, 6.07) is 23.2. The molecule has 0 aliphatic heterocycles. The van der Waals surface area contributed by atoms with E-state index in [-0.39, 0.29) is 30.7 Å². The number of carbonyl (C=O) groups excluding carboxylic acids is 2. The van der Waals surface area contributed by atoms with Gasteiger partial charge in [0.05, 0.1) is 0 Å². The van der Waals surface area contributed by atoms with Crippen molar-refractivity contribution in [3.63, 3.8) is 0 Å². The van der Waals surface area contributed by atoms with Gasteiger partial charge >= 0.3 is 0 Å². The molecule has 30 heavy (non-hydrogen) atoms. The van der Waals surface area contributed by atoms with Gasteiger partial charge in [-0.05, 0) is 35.2 Å². The van der Waals surface area contributed by atoms with Crippen LogP contribution in [-0.2, 0) is 9.59 Å². The van der Waals surface area contributed by atoms with Crippen LogP contribution in [0.1, 0.15) is 24.8 Å². The van der Waals surface area contributed by atoms with Crippen molar-refractivity contribution < 1.29 is 18.7 Å². The summed E-state index contributed by atoms with van der Waals surface area (Å²) in [7, 11) is 0. The van der Waals surface area contributed by atoms with Gasteiger partial charge in [0, 0.05) is 12.0 Å². The quantitative estimate of drug-likeness (QED) is 0.578. The zero-order valence-corrected chi connectivity index (χ0v) is 16.6. The van der Waals surface area contributed by atoms with E-state index in [1.165, 1.54) is 12.1 Å². The van der Waals surface area contributed by atoms with Crippen LogP contribution in [0, 0.1) is 5.82 Å². The van der Waals surface area contributed by atoms with Crippen LogP contribution in [0.3, 0.4) is 0 Å². The van der Waals surface area contributed by atoms with Gasteiger partial charge in [-0.3, -0.25) is 20.4 Å². The average Bonchev–Trinajstić information content (AvgIpc) is 2.77. The molecule has 0 aliphatic rings. The molecule has 3 aromatic rings. The first kappa shape index (κ1) is 21.0. The molecule has 0 aromatic heterocycles. The summed E-state index contributed by atoms with van der Waals surface area (Å²) in [6.45, 7) is 1.62. The Morgan fingerprint density at radius 2 is 1.50 bits per heavy atom. The van der Waals surface area contributed by atoms with Crippen LogP contribution >= 0.6 is 0 Å². The molecule has 0 radical (unpaired) electrons. The summed E-state index contributed by atoms with van der Waals surface area (Å²) in [5.74, 6) is -0.673. The van der Waals surface area contributed by atoms with Gasteiger partial charge in [-0.1, -0.05) is 67.6 Å². The van der Waals surface area contributed by atoms with E-state index in [4.69, 9.17) is 4.74 Å². The zero-order valence-electron chi connectivity index (χ0n) is 16.6. The number of carbonyl (C=O) groups is 2. The Labute approximate surface area is 174 Å². The number of amides is 2. The number of hydrogen-bond acceptors (Lipinski definition) is 3. The normalized spacial score (nSPS) is 11.4. The lowest BCUT2D eigenvalue weighted by Gasteiger charge is -2.14. The van der Waals surface area contributed by atoms with E-state index in [1.54, 1.807) is 18.2 Å². The Balaban J connectivity index is 1.47. The van der Waals surface area contributed by atoms with Crippen LogP contribution in [0.2, 0.25) is 0 Å². The smallest absolute Gasteiger partial charge is 0.276 e. The lowest BCUT2D eigenvalue weighted by molar-refractivity contribution is -0.130. The molecule has 1 unspecified atom stereocenters. The van der Waals surface area contributed by atoms with Crippen molar-refractivity contribution >= 4 is 11.8 Å². The molecule has 3 rings (SSSR count). The number of rotatable bonds is 7. The molecule has 0 spiro atoms. The highest BCUT2D eigenvalue weighted by molar-refractivity contribution is 5.83. The predicted molar refractivity (Wildman–Crippen MR) is 113 cm³/mol. The minimum Gasteiger partial charge on any atom is -0.483 e. The van der Waals surface area contributed by atoms with Crippen LogP contribution in [-0.4, -0.2) is 18.4 Å². The number of ether oxygens (including phenoxy) is 1. The van der Waals surface area contributed by atoms with E-state index in [1.807, 2.05) is 55.5 Å². The molecule has 154 valence electrons. The van der Waals surface area contributed by atoms with Crippen molar-refractivity contribution in [2.75, 3.05) is 6.61 Å². The fourth-order valence-electron chi connectivity index (χ4n) is 3.01. The highest BCUT2D eigenvalue weighted by atomic mass is 19.1. The van der Waals surface area contributed by atoms with E-state index in [0.29, 0.717) is 5.75 Å². The molecule has 2 amide bonds. The molecule has 6 heteroatoms. The first-order valence-corrected chi connectivity index (χ1v) is 9.63. The summed E-state index contributed by atoms with van der Waals surface area (Å²) in [5, 5.41) is 0. The van der Waals surface area contributed by atoms with Gasteiger partial charge in [-0.25, -0.2) is 4.39 Å². The standard InChI is InChI=1S/C24H23FN2O3/c1-17(18-11-13-20(25)14-12-18)15-23(28)26-27-24(29)16-30-22-10-6-5-9-21(22)19-7-3-2-4-8-19/h2-14,17H,15-16H2,1H3,(H,26,28)(H,27,29). The van der Waals surface area contributed by atoms with Crippen molar-refractivity contribution in [1.82, 2.24) is 10.9 Å². The third-order valence-electron chi connectivity index (χ3n) is 4.60. The maximum atomic E-state index is 13.0. The van der Waals surface area contributed by atoms with Gasteiger partial charge in [0.2, 0.25) is 5.91 Å². The molecule has 0 heterocycles. The molecule has 2 N–H and O–H groups in total. The van der Waals surface area contributed by atoms with Crippen molar-refractivity contribution in [3.8, 4) is 16.9 Å². The third kappa shape index (κ3) is 5.91. The maximum absolute atomic E-state index is 13.0. The number of halogens is 1. The number of benzene rings is 3. The second kappa shape index (κ2) is 10.2. The van der Waals surface area contributed by atoms with Gasteiger partial charge < -0.3 is 4.74 Å². The summed E-state index contributed by atoms with van der Waals surface area (Å²) in [6.07, 6.45) is 0.156. The molecule has 0 saturated heterocycles. The SMILES string of the molecule is CC(CC(=O)NNC(=O)COc1ccccc1-c1ccccc1)c1ccc(F)cc1. The minimum absolute atomic E-state index is 0.114. The lowest BCUT2D eigenvalue weighted by atomic mass is 9.98. The summed E-state index contributed by atoms with van der Waals surface area (Å²) in [5.41, 5.74) is 7.45. The van der Waals surface area contributed by atoms with Crippen LogP contribution < -0.4 is 15.6 Å². The van der Waals surface area contributed by atoms with Crippen molar-refractivity contribution in [2.24, 2.45) is 0 Å². The van der Waals surface area contributed by atoms with E-state index in [2.05, 4.69) is 10.9 Å². The second-order valence-corrected chi connectivity index (χ2v) is 6.90. The Kier molecular flexibility index (Phi) is 7.16. The van der Waals surface area contributed by atoms with Gasteiger partial charge in [0.15, 0.2) is 6.61 Å². The van der Waals surface area contributed by atoms with Crippen molar-refractivity contribution in [2.45, 2.75) is 19.3 Å². The minimum atomic E-state index is -0.472. The molecule has 3 aromatic carbocycles. The Morgan fingerprint density at radius 3 is 2.23 bits per heavy atom. The summed E-state index contributed by atoms with van der Waals surface area (Å²) in [4.78, 5) is 24.1. The van der Waals surface area contributed by atoms with Gasteiger partial charge in [-0.15, -0.1) is 0 Å². The number of para-hydroxylation sites is 1. The Hall–Kier alpha value is -3.67. The lowest BCUT2D eigenvalue weighted by Crippen LogP contribution is -2.44. The Bertz CT molecular complexity index is 991. The van der Waals surface area contributed by atoms with Crippen LogP contribution in [0.25, 0.3) is 11.1 Å². The maximum Gasteiger partial charge on any atom is 0.276 e. The van der Waals surface area contributed by atoms with Crippen LogP contribution in [0.15, 0.2) is 78.9 Å². The molecule has 5 nitrogen and oxygen atoms in total. The second-order valence-electron chi connectivity index (χ2n) is 6.90. The topological polar surface area (TPSA) is 67.4 Å². The monoisotopic (exact) mass is 406 g/mol. The largest absolute Gasteiger partial charge is 0.483 e. The van der Waals surface area contributed by atoms with Gasteiger partial charge in [0.25, 0.3) is 5.91 Å². The molecule has 0 fully saturated rings. The van der Waals surface area contributed by atoms with E-state index in [9.17, 15) is 14.0 Å². The fourth-order valence-corrected chi connectivity index (χ4v) is 3.01. The molecular weight excluding hydrogens is 383 g/mol. The highest BCUT2D eigenvalue weighted by Gasteiger charge is 2.13. The van der Waals surface area contributed by atoms with Crippen molar-refractivity contribution in [3.05, 3.63) is 90.2 Å². The van der Waals surface area contributed by atoms with Gasteiger partial charge in [0.1, 0.15) is 11.6 Å². The zero-order chi connectivity index (χ0) is 21.3. The molecular formula is C24H23FN2O3. The third-order valence-corrected chi connectivity index (χ3v) is 4.60. The van der Waals surface area contributed by atoms with Crippen LogP contribution in [0.4, 0.5) is 4.39 Å². The first-order valence-electron chi connectivity index (χ1n) is 9.63. The van der Waals surface area contributed by atoms with Crippen LogP contribution in [0.5, 0.6) is 5.75 Å². The first-order chi connectivity index (χ1) is 14.5. The fraction of sp³-hybridized carbons (Fsp3) is 0.167. The molecule has 1 atom stereocenters. The number of hydrogen-bond donors (Lipinski definition) is 2.